The smallest absolute Gasteiger partial charge is 0.305 e. The van der Waals surface area contributed by atoms with Crippen molar-refractivity contribution in [2.75, 3.05) is 6.61 Å². The van der Waals surface area contributed by atoms with E-state index in [1.807, 2.05) is 0 Å². The second kappa shape index (κ2) is 5.82. The van der Waals surface area contributed by atoms with Crippen LogP contribution < -0.4 is 11.2 Å². The fourth-order valence-electron chi connectivity index (χ4n) is 1.11. The van der Waals surface area contributed by atoms with Gasteiger partial charge in [0.1, 0.15) is 11.4 Å². The molecular weight excluding hydrogens is 268 g/mol. The van der Waals surface area contributed by atoms with E-state index in [0.717, 1.165) is 0 Å². The molecule has 0 aromatic heterocycles. The molecule has 0 saturated heterocycles. The molecule has 8 nitrogen and oxygen atoms in total. The fraction of sp³-hybridized carbons (Fsp3) is 0.111. The van der Waals surface area contributed by atoms with Gasteiger partial charge in [0.05, 0.1) is 4.92 Å². The van der Waals surface area contributed by atoms with E-state index in [4.69, 9.17) is 0 Å². The highest BCUT2D eigenvalue weighted by Gasteiger charge is 2.26. The highest BCUT2D eigenvalue weighted by Crippen LogP contribution is 2.22. The van der Waals surface area contributed by atoms with Gasteiger partial charge >= 0.3 is 5.69 Å². The number of nitrogens with zero attached hydrogens (tertiary/aromatic N) is 1. The summed E-state index contributed by atoms with van der Waals surface area (Å²) in [7, 11) is 0. The standard InChI is InChI=1S/C9H7F2N3O5/c10-4-1-2-5(14(17)18)8(11)7(4)9(16)13-19-3-6(12)15/h1-2H,3H2,(H2,12,15)(H,13,16). The third-order valence-electron chi connectivity index (χ3n) is 1.87. The summed E-state index contributed by atoms with van der Waals surface area (Å²) in [6.45, 7) is -0.718. The molecule has 0 bridgehead atoms. The van der Waals surface area contributed by atoms with Crippen LogP contribution in [0.15, 0.2) is 12.1 Å². The van der Waals surface area contributed by atoms with Crippen LogP contribution in [0.1, 0.15) is 10.4 Å². The number of hydrogen-bond donors (Lipinski definition) is 2. The lowest BCUT2D eigenvalue weighted by molar-refractivity contribution is -0.387. The number of halogens is 2. The second-order valence-corrected chi connectivity index (χ2v) is 3.20. The minimum atomic E-state index is -1.65. The van der Waals surface area contributed by atoms with Gasteiger partial charge in [-0.3, -0.25) is 24.5 Å². The van der Waals surface area contributed by atoms with Crippen LogP contribution in [0.3, 0.4) is 0 Å². The Balaban J connectivity index is 2.99. The molecule has 1 rings (SSSR count). The van der Waals surface area contributed by atoms with Gasteiger partial charge in [0.2, 0.25) is 11.7 Å². The van der Waals surface area contributed by atoms with Crippen molar-refractivity contribution >= 4 is 17.5 Å². The molecule has 0 unspecified atom stereocenters. The third-order valence-corrected chi connectivity index (χ3v) is 1.87. The van der Waals surface area contributed by atoms with Gasteiger partial charge < -0.3 is 5.73 Å². The van der Waals surface area contributed by atoms with Gasteiger partial charge in [-0.25, -0.2) is 9.87 Å². The molecule has 0 aliphatic carbocycles. The summed E-state index contributed by atoms with van der Waals surface area (Å²) in [5.74, 6) is -5.31. The molecule has 1 aromatic carbocycles. The number of hydrogen-bond acceptors (Lipinski definition) is 5. The highest BCUT2D eigenvalue weighted by molar-refractivity contribution is 5.94. The Hall–Kier alpha value is -2.62. The molecule has 0 atom stereocenters. The number of nitro benzene ring substituents is 1. The zero-order valence-corrected chi connectivity index (χ0v) is 9.18. The lowest BCUT2D eigenvalue weighted by Crippen LogP contribution is -2.30. The van der Waals surface area contributed by atoms with Gasteiger partial charge in [-0.1, -0.05) is 0 Å². The van der Waals surface area contributed by atoms with Crippen LogP contribution in [0.2, 0.25) is 0 Å². The van der Waals surface area contributed by atoms with Gasteiger partial charge in [-0.05, 0) is 6.07 Å². The summed E-state index contributed by atoms with van der Waals surface area (Å²) < 4.78 is 26.8. The van der Waals surface area contributed by atoms with Crippen LogP contribution in [-0.4, -0.2) is 23.3 Å². The molecule has 0 spiro atoms. The van der Waals surface area contributed by atoms with Gasteiger partial charge in [0.15, 0.2) is 6.61 Å². The van der Waals surface area contributed by atoms with E-state index in [-0.39, 0.29) is 0 Å². The van der Waals surface area contributed by atoms with E-state index in [2.05, 4.69) is 10.6 Å². The number of primary amides is 1. The highest BCUT2D eigenvalue weighted by atomic mass is 19.1. The van der Waals surface area contributed by atoms with E-state index < -0.39 is 46.2 Å². The molecule has 1 aromatic rings. The predicted molar refractivity (Wildman–Crippen MR) is 55.6 cm³/mol. The summed E-state index contributed by atoms with van der Waals surface area (Å²) in [6, 6.07) is 1.13. The SMILES string of the molecule is NC(=O)CONC(=O)c1c(F)ccc([N+](=O)[O-])c1F. The van der Waals surface area contributed by atoms with Gasteiger partial charge in [-0.15, -0.1) is 0 Å². The van der Waals surface area contributed by atoms with Crippen molar-refractivity contribution in [3.63, 3.8) is 0 Å². The summed E-state index contributed by atoms with van der Waals surface area (Å²) in [5.41, 5.74) is 3.96. The number of carbonyl (C=O) groups is 2. The van der Waals surface area contributed by atoms with Crippen LogP contribution in [-0.2, 0) is 9.63 Å². The maximum absolute atomic E-state index is 13.5. The van der Waals surface area contributed by atoms with Crippen LogP contribution >= 0.6 is 0 Å². The molecule has 10 heteroatoms. The first kappa shape index (κ1) is 14.4. The first-order chi connectivity index (χ1) is 8.84. The molecule has 102 valence electrons. The normalized spacial score (nSPS) is 10.0. The average molecular weight is 275 g/mol. The lowest BCUT2D eigenvalue weighted by atomic mass is 10.1. The van der Waals surface area contributed by atoms with Crippen LogP contribution in [0.25, 0.3) is 0 Å². The topological polar surface area (TPSA) is 125 Å². The zero-order valence-electron chi connectivity index (χ0n) is 9.18. The van der Waals surface area contributed by atoms with Gasteiger partial charge in [0.25, 0.3) is 5.91 Å². The first-order valence-corrected chi connectivity index (χ1v) is 4.67. The Morgan fingerprint density at radius 3 is 2.58 bits per heavy atom. The van der Waals surface area contributed by atoms with E-state index in [1.165, 1.54) is 5.48 Å². The Morgan fingerprint density at radius 1 is 1.42 bits per heavy atom. The molecule has 0 saturated carbocycles. The number of nitrogens with one attached hydrogen (secondary N) is 1. The molecular formula is C9H7F2N3O5. The van der Waals surface area contributed by atoms with Gasteiger partial charge in [-0.2, -0.15) is 4.39 Å². The summed E-state index contributed by atoms with van der Waals surface area (Å²) in [6.07, 6.45) is 0. The Labute approximate surface area is 104 Å². The first-order valence-electron chi connectivity index (χ1n) is 4.67. The van der Waals surface area contributed by atoms with Crippen molar-refractivity contribution in [2.24, 2.45) is 5.73 Å². The molecule has 2 amide bonds. The quantitative estimate of drug-likeness (QED) is 0.579. The molecule has 3 N–H and O–H groups in total. The van der Waals surface area contributed by atoms with Crippen molar-refractivity contribution in [2.45, 2.75) is 0 Å². The summed E-state index contributed by atoms with van der Waals surface area (Å²) in [4.78, 5) is 35.2. The number of benzene rings is 1. The van der Waals surface area contributed by atoms with Crippen LogP contribution in [0, 0.1) is 21.7 Å². The molecule has 0 aliphatic rings. The van der Waals surface area contributed by atoms with Crippen molar-refractivity contribution in [1.29, 1.82) is 0 Å². The Morgan fingerprint density at radius 2 is 2.05 bits per heavy atom. The molecule has 19 heavy (non-hydrogen) atoms. The third kappa shape index (κ3) is 3.42. The van der Waals surface area contributed by atoms with E-state index in [0.29, 0.717) is 12.1 Å². The fourth-order valence-corrected chi connectivity index (χ4v) is 1.11. The largest absolute Gasteiger partial charge is 0.368 e. The van der Waals surface area contributed by atoms with E-state index in [9.17, 15) is 28.5 Å². The van der Waals surface area contributed by atoms with Crippen molar-refractivity contribution in [1.82, 2.24) is 5.48 Å². The predicted octanol–water partition coefficient (Wildman–Crippen LogP) is 0.0197. The summed E-state index contributed by atoms with van der Waals surface area (Å²) >= 11 is 0. The number of nitrogens with two attached hydrogens (primary N) is 1. The number of nitro groups is 1. The Kier molecular flexibility index (Phi) is 4.42. The maximum atomic E-state index is 13.5. The number of carbonyl (C=O) groups excluding carboxylic acids is 2. The molecule has 0 radical (unpaired) electrons. The number of rotatable bonds is 5. The van der Waals surface area contributed by atoms with Crippen molar-refractivity contribution < 1.29 is 28.1 Å². The monoisotopic (exact) mass is 275 g/mol. The van der Waals surface area contributed by atoms with Crippen molar-refractivity contribution in [3.8, 4) is 0 Å². The van der Waals surface area contributed by atoms with Crippen molar-refractivity contribution in [3.05, 3.63) is 39.4 Å². The molecule has 0 fully saturated rings. The molecule has 0 heterocycles. The second-order valence-electron chi connectivity index (χ2n) is 3.20. The number of hydroxylamine groups is 1. The van der Waals surface area contributed by atoms with Gasteiger partial charge in [0, 0.05) is 6.07 Å². The minimum Gasteiger partial charge on any atom is -0.368 e. The zero-order chi connectivity index (χ0) is 14.6. The van der Waals surface area contributed by atoms with E-state index >= 15 is 0 Å². The Bertz CT molecular complexity index is 549. The summed E-state index contributed by atoms with van der Waals surface area (Å²) in [5, 5.41) is 10.4. The number of amides is 2. The average Bonchev–Trinajstić information content (AvgIpc) is 2.27. The maximum Gasteiger partial charge on any atom is 0.305 e. The molecule has 0 aliphatic heterocycles. The lowest BCUT2D eigenvalue weighted by Gasteiger charge is -2.06. The minimum absolute atomic E-state index is 0.560. The van der Waals surface area contributed by atoms with Crippen LogP contribution in [0.4, 0.5) is 14.5 Å². The van der Waals surface area contributed by atoms with E-state index in [1.54, 1.807) is 0 Å². The van der Waals surface area contributed by atoms with Crippen LogP contribution in [0.5, 0.6) is 0 Å².